The van der Waals surface area contributed by atoms with Gasteiger partial charge in [-0.15, -0.1) is 0 Å². The zero-order valence-corrected chi connectivity index (χ0v) is 13.5. The van der Waals surface area contributed by atoms with E-state index >= 15 is 0 Å². The van der Waals surface area contributed by atoms with Crippen LogP contribution in [0.5, 0.6) is 11.5 Å². The highest BCUT2D eigenvalue weighted by Gasteiger charge is 2.06. The lowest BCUT2D eigenvalue weighted by Crippen LogP contribution is -2.13. The molecule has 0 atom stereocenters. The average molecular weight is 283 g/mol. The molecule has 0 heterocycles. The number of hydrogen-bond donors (Lipinski definition) is 1. The van der Waals surface area contributed by atoms with Gasteiger partial charge in [0.25, 0.3) is 0 Å². The van der Waals surface area contributed by atoms with Gasteiger partial charge in [0.1, 0.15) is 11.5 Å². The zero-order valence-electron chi connectivity index (χ0n) is 13.5. The Morgan fingerprint density at radius 3 is 2.62 bits per heavy atom. The lowest BCUT2D eigenvalue weighted by molar-refractivity contribution is 0.477. The molecule has 0 aromatic heterocycles. The highest BCUT2D eigenvalue weighted by atomic mass is 16.5. The summed E-state index contributed by atoms with van der Waals surface area (Å²) in [6, 6.07) is 12.6. The van der Waals surface area contributed by atoms with Crippen LogP contribution in [0.25, 0.3) is 0 Å². The molecule has 0 bridgehead atoms. The van der Waals surface area contributed by atoms with Gasteiger partial charge in [-0.2, -0.15) is 0 Å². The fourth-order valence-corrected chi connectivity index (χ4v) is 2.36. The van der Waals surface area contributed by atoms with E-state index in [-0.39, 0.29) is 0 Å². The first-order valence-electron chi connectivity index (χ1n) is 7.65. The van der Waals surface area contributed by atoms with E-state index in [2.05, 4.69) is 63.3 Å². The van der Waals surface area contributed by atoms with Crippen molar-refractivity contribution in [1.29, 1.82) is 0 Å². The topological polar surface area (TPSA) is 21.3 Å². The number of nitrogens with one attached hydrogen (secondary N) is 1. The Balaban J connectivity index is 2.14. The summed E-state index contributed by atoms with van der Waals surface area (Å²) in [5, 5.41) is 3.42. The van der Waals surface area contributed by atoms with Crippen molar-refractivity contribution < 1.29 is 4.74 Å². The van der Waals surface area contributed by atoms with Crippen molar-refractivity contribution in [1.82, 2.24) is 5.32 Å². The van der Waals surface area contributed by atoms with Crippen molar-refractivity contribution in [2.24, 2.45) is 0 Å². The van der Waals surface area contributed by atoms with Crippen molar-refractivity contribution in [2.45, 2.75) is 40.7 Å². The third-order valence-electron chi connectivity index (χ3n) is 3.65. The van der Waals surface area contributed by atoms with Crippen LogP contribution in [-0.2, 0) is 6.54 Å². The molecule has 21 heavy (non-hydrogen) atoms. The molecule has 2 nitrogen and oxygen atoms in total. The first kappa shape index (κ1) is 15.6. The van der Waals surface area contributed by atoms with E-state index in [4.69, 9.17) is 4.74 Å². The van der Waals surface area contributed by atoms with Gasteiger partial charge < -0.3 is 10.1 Å². The third kappa shape index (κ3) is 4.33. The summed E-state index contributed by atoms with van der Waals surface area (Å²) in [5.74, 6) is 1.85. The molecule has 0 aliphatic heterocycles. The molecule has 0 saturated heterocycles. The molecule has 2 rings (SSSR count). The predicted molar refractivity (Wildman–Crippen MR) is 89.2 cm³/mol. The zero-order chi connectivity index (χ0) is 15.2. The van der Waals surface area contributed by atoms with Gasteiger partial charge in [-0.25, -0.2) is 0 Å². The first-order valence-corrected chi connectivity index (χ1v) is 7.65. The minimum atomic E-state index is 0.886. The van der Waals surface area contributed by atoms with E-state index < -0.39 is 0 Å². The molecule has 0 aliphatic rings. The maximum Gasteiger partial charge on any atom is 0.130 e. The molecule has 1 N–H and O–H groups in total. The maximum absolute atomic E-state index is 6.09. The largest absolute Gasteiger partial charge is 0.457 e. The van der Waals surface area contributed by atoms with Crippen LogP contribution in [-0.4, -0.2) is 6.54 Å². The molecule has 2 heteroatoms. The monoisotopic (exact) mass is 283 g/mol. The fraction of sp³-hybridized carbons (Fsp3) is 0.368. The van der Waals surface area contributed by atoms with Gasteiger partial charge in [-0.05, 0) is 74.2 Å². The Kier molecular flexibility index (Phi) is 5.40. The second-order valence-corrected chi connectivity index (χ2v) is 5.63. The summed E-state index contributed by atoms with van der Waals surface area (Å²) >= 11 is 0. The van der Waals surface area contributed by atoms with Crippen molar-refractivity contribution in [3.05, 3.63) is 58.7 Å². The quantitative estimate of drug-likeness (QED) is 0.761. The highest BCUT2D eigenvalue weighted by Crippen LogP contribution is 2.28. The Morgan fingerprint density at radius 2 is 1.86 bits per heavy atom. The summed E-state index contributed by atoms with van der Waals surface area (Å²) in [6.07, 6.45) is 1.15. The van der Waals surface area contributed by atoms with Crippen molar-refractivity contribution in [3.8, 4) is 11.5 Å². The van der Waals surface area contributed by atoms with Crippen LogP contribution in [0.15, 0.2) is 36.4 Å². The van der Waals surface area contributed by atoms with Crippen LogP contribution in [0.2, 0.25) is 0 Å². The number of rotatable bonds is 6. The van der Waals surface area contributed by atoms with Gasteiger partial charge in [-0.3, -0.25) is 0 Å². The van der Waals surface area contributed by atoms with Gasteiger partial charge in [0.2, 0.25) is 0 Å². The molecule has 0 aliphatic carbocycles. The first-order chi connectivity index (χ1) is 10.1. The number of benzene rings is 2. The predicted octanol–water partition coefficient (Wildman–Crippen LogP) is 4.90. The summed E-state index contributed by atoms with van der Waals surface area (Å²) in [7, 11) is 0. The molecule has 0 amide bonds. The van der Waals surface area contributed by atoms with Gasteiger partial charge in [0.05, 0.1) is 0 Å². The van der Waals surface area contributed by atoms with Crippen LogP contribution in [0, 0.1) is 20.8 Å². The minimum Gasteiger partial charge on any atom is -0.457 e. The standard InChI is InChI=1S/C19H25NO/c1-5-9-20-13-17-7-6-8-18(12-17)21-19-11-14(2)10-15(3)16(19)4/h6-8,10-12,20H,5,9,13H2,1-4H3. The molecule has 0 fully saturated rings. The fourth-order valence-electron chi connectivity index (χ4n) is 2.36. The molecule has 2 aromatic carbocycles. The van der Waals surface area contributed by atoms with E-state index in [1.54, 1.807) is 0 Å². The van der Waals surface area contributed by atoms with Gasteiger partial charge >= 0.3 is 0 Å². The smallest absolute Gasteiger partial charge is 0.130 e. The van der Waals surface area contributed by atoms with Crippen LogP contribution < -0.4 is 10.1 Å². The molecule has 0 saturated carbocycles. The van der Waals surface area contributed by atoms with Gasteiger partial charge in [-0.1, -0.05) is 25.1 Å². The highest BCUT2D eigenvalue weighted by molar-refractivity contribution is 5.44. The SMILES string of the molecule is CCCNCc1cccc(Oc2cc(C)cc(C)c2C)c1. The summed E-state index contributed by atoms with van der Waals surface area (Å²) < 4.78 is 6.09. The van der Waals surface area contributed by atoms with Gasteiger partial charge in [0, 0.05) is 6.54 Å². The Morgan fingerprint density at radius 1 is 1.05 bits per heavy atom. The van der Waals surface area contributed by atoms with E-state index in [1.807, 2.05) is 6.07 Å². The Labute approximate surface area is 128 Å². The van der Waals surface area contributed by atoms with E-state index in [9.17, 15) is 0 Å². The van der Waals surface area contributed by atoms with Crippen LogP contribution >= 0.6 is 0 Å². The van der Waals surface area contributed by atoms with Crippen molar-refractivity contribution in [2.75, 3.05) is 6.54 Å². The molecule has 112 valence electrons. The van der Waals surface area contributed by atoms with Crippen LogP contribution in [0.4, 0.5) is 0 Å². The maximum atomic E-state index is 6.09. The van der Waals surface area contributed by atoms with Crippen molar-refractivity contribution >= 4 is 0 Å². The number of ether oxygens (including phenoxy) is 1. The second-order valence-electron chi connectivity index (χ2n) is 5.63. The van der Waals surface area contributed by atoms with Crippen LogP contribution in [0.3, 0.4) is 0 Å². The number of aryl methyl sites for hydroxylation is 2. The molecule has 2 aromatic rings. The summed E-state index contributed by atoms with van der Waals surface area (Å²) in [5.41, 5.74) is 4.96. The van der Waals surface area contributed by atoms with Crippen molar-refractivity contribution in [3.63, 3.8) is 0 Å². The van der Waals surface area contributed by atoms with E-state index in [0.29, 0.717) is 0 Å². The molecule has 0 radical (unpaired) electrons. The lowest BCUT2D eigenvalue weighted by Gasteiger charge is -2.13. The van der Waals surface area contributed by atoms with Gasteiger partial charge in [0.15, 0.2) is 0 Å². The third-order valence-corrected chi connectivity index (χ3v) is 3.65. The summed E-state index contributed by atoms with van der Waals surface area (Å²) in [6.45, 7) is 10.4. The Bertz CT molecular complexity index is 605. The van der Waals surface area contributed by atoms with E-state index in [0.717, 1.165) is 31.0 Å². The second kappa shape index (κ2) is 7.28. The molecule has 0 spiro atoms. The molecular weight excluding hydrogens is 258 g/mol. The molecular formula is C19H25NO. The number of hydrogen-bond acceptors (Lipinski definition) is 2. The normalized spacial score (nSPS) is 10.7. The molecule has 0 unspecified atom stereocenters. The average Bonchev–Trinajstić information content (AvgIpc) is 2.45. The summed E-state index contributed by atoms with van der Waals surface area (Å²) in [4.78, 5) is 0. The lowest BCUT2D eigenvalue weighted by atomic mass is 10.1. The minimum absolute atomic E-state index is 0.886. The van der Waals surface area contributed by atoms with E-state index in [1.165, 1.54) is 22.3 Å². The Hall–Kier alpha value is -1.80. The van der Waals surface area contributed by atoms with Crippen LogP contribution in [0.1, 0.15) is 35.6 Å².